The molecule has 2 fully saturated rings. The van der Waals surface area contributed by atoms with Gasteiger partial charge in [0.2, 0.25) is 0 Å². The van der Waals surface area contributed by atoms with Gasteiger partial charge in [0.15, 0.2) is 0 Å². The van der Waals surface area contributed by atoms with Crippen molar-refractivity contribution in [1.82, 2.24) is 25.3 Å². The van der Waals surface area contributed by atoms with Gasteiger partial charge in [0.1, 0.15) is 22.9 Å². The van der Waals surface area contributed by atoms with Gasteiger partial charge in [-0.25, -0.2) is 19.7 Å². The van der Waals surface area contributed by atoms with Crippen molar-refractivity contribution in [2.75, 3.05) is 30.0 Å². The Morgan fingerprint density at radius 3 is 2.82 bits per heavy atom. The van der Waals surface area contributed by atoms with Crippen LogP contribution in [0, 0.1) is 11.8 Å². The molecule has 9 nitrogen and oxygen atoms in total. The van der Waals surface area contributed by atoms with Crippen molar-refractivity contribution in [3.63, 3.8) is 0 Å². The minimum Gasteiger partial charge on any atom is -0.453 e. The van der Waals surface area contributed by atoms with Crippen LogP contribution < -0.4 is 15.1 Å². The van der Waals surface area contributed by atoms with Gasteiger partial charge in [-0.3, -0.25) is 0 Å². The van der Waals surface area contributed by atoms with Crippen molar-refractivity contribution in [2.24, 2.45) is 11.8 Å². The Labute approximate surface area is 202 Å². The van der Waals surface area contributed by atoms with E-state index in [0.717, 1.165) is 60.6 Å². The lowest BCUT2D eigenvalue weighted by Gasteiger charge is -2.42. The van der Waals surface area contributed by atoms with Gasteiger partial charge >= 0.3 is 6.09 Å². The van der Waals surface area contributed by atoms with E-state index in [-0.39, 0.29) is 18.2 Å². The van der Waals surface area contributed by atoms with Crippen molar-refractivity contribution >= 4 is 40.2 Å². The number of anilines is 2. The number of hydrogen-bond donors (Lipinski definition) is 2. The molecule has 6 rings (SSSR count). The first-order valence-corrected chi connectivity index (χ1v) is 12.2. The molecule has 5 heterocycles. The predicted octanol–water partition coefficient (Wildman–Crippen LogP) is 3.53. The summed E-state index contributed by atoms with van der Waals surface area (Å²) in [5.74, 6) is 1.79. The van der Waals surface area contributed by atoms with Crippen molar-refractivity contribution < 1.29 is 9.53 Å². The van der Waals surface area contributed by atoms with Crippen LogP contribution in [0.15, 0.2) is 24.7 Å². The van der Waals surface area contributed by atoms with Gasteiger partial charge in [-0.1, -0.05) is 11.6 Å². The Kier molecular flexibility index (Phi) is 5.24. The Balaban J connectivity index is 1.31. The molecule has 178 valence electrons. The van der Waals surface area contributed by atoms with Crippen molar-refractivity contribution in [1.29, 1.82) is 0 Å². The van der Waals surface area contributed by atoms with E-state index in [9.17, 15) is 4.79 Å². The number of nitrogens with one attached hydrogen (secondary N) is 2. The Hall–Kier alpha value is -3.07. The summed E-state index contributed by atoms with van der Waals surface area (Å²) in [4.78, 5) is 33.7. The van der Waals surface area contributed by atoms with E-state index in [2.05, 4.69) is 43.1 Å². The van der Waals surface area contributed by atoms with Gasteiger partial charge in [-0.2, -0.15) is 0 Å². The molecule has 2 aliphatic heterocycles. The molecule has 1 saturated carbocycles. The highest BCUT2D eigenvalue weighted by Crippen LogP contribution is 2.41. The topological polar surface area (TPSA) is 99.3 Å². The van der Waals surface area contributed by atoms with E-state index in [0.29, 0.717) is 23.5 Å². The molecular weight excluding hydrogens is 454 g/mol. The fourth-order valence-corrected chi connectivity index (χ4v) is 6.33. The molecule has 1 amide bonds. The lowest BCUT2D eigenvalue weighted by Crippen LogP contribution is -2.53. The van der Waals surface area contributed by atoms with Gasteiger partial charge in [-0.05, 0) is 43.7 Å². The number of aromatic amines is 1. The Morgan fingerprint density at radius 2 is 2.06 bits per heavy atom. The van der Waals surface area contributed by atoms with Crippen molar-refractivity contribution in [3.8, 4) is 0 Å². The molecule has 1 unspecified atom stereocenters. The molecule has 1 saturated heterocycles. The van der Waals surface area contributed by atoms with E-state index >= 15 is 0 Å². The first-order valence-electron chi connectivity index (χ1n) is 11.8. The zero-order valence-corrected chi connectivity index (χ0v) is 20.0. The molecule has 3 aliphatic rings. The van der Waals surface area contributed by atoms with Crippen LogP contribution in [-0.2, 0) is 17.7 Å². The molecule has 4 atom stereocenters. The molecule has 2 N–H and O–H groups in total. The zero-order chi connectivity index (χ0) is 23.4. The van der Waals surface area contributed by atoms with Crippen LogP contribution in [0.25, 0.3) is 11.0 Å². The highest BCUT2D eigenvalue weighted by Gasteiger charge is 2.44. The van der Waals surface area contributed by atoms with Crippen LogP contribution in [0.2, 0.25) is 5.15 Å². The predicted molar refractivity (Wildman–Crippen MR) is 130 cm³/mol. The Bertz CT molecular complexity index is 1230. The van der Waals surface area contributed by atoms with Crippen LogP contribution in [0.3, 0.4) is 0 Å². The zero-order valence-electron chi connectivity index (χ0n) is 19.3. The summed E-state index contributed by atoms with van der Waals surface area (Å²) in [6.07, 6.45) is 6.30. The van der Waals surface area contributed by atoms with Crippen molar-refractivity contribution in [2.45, 2.75) is 44.8 Å². The summed E-state index contributed by atoms with van der Waals surface area (Å²) in [6, 6.07) is 4.43. The number of pyridine rings is 1. The number of ether oxygens (including phenoxy) is 1. The summed E-state index contributed by atoms with van der Waals surface area (Å²) in [5, 5.41) is 4.61. The summed E-state index contributed by atoms with van der Waals surface area (Å²) >= 11 is 6.37. The number of fused-ring (bicyclic) bond motifs is 4. The standard InChI is InChI=1S/C24H28ClN7O2/c1-13-7-18-17(11-32(13)19-8-20(25)29-22-16(19)5-6-26-22)23(28-12-27-18)31-9-14-3-4-15(10-31)21(14)30-24(33)34-2/h5-6,8,12-15,21H,3-4,7,9-11H2,1-2H3,(H,26,29)(H,30,33)/t13-,14-,15+,21?/m1/s1. The maximum absolute atomic E-state index is 11.9. The minimum atomic E-state index is -0.341. The van der Waals surface area contributed by atoms with E-state index in [1.807, 2.05) is 12.3 Å². The van der Waals surface area contributed by atoms with Gasteiger partial charge in [0.25, 0.3) is 0 Å². The molecule has 0 radical (unpaired) electrons. The number of nitrogens with zero attached hydrogens (tertiary/aromatic N) is 5. The Morgan fingerprint density at radius 1 is 1.26 bits per heavy atom. The second-order valence-electron chi connectivity index (χ2n) is 9.67. The number of alkyl carbamates (subject to hydrolysis) is 1. The molecular formula is C24H28ClN7O2. The fourth-order valence-electron chi connectivity index (χ4n) is 6.14. The number of halogens is 1. The highest BCUT2D eigenvalue weighted by atomic mass is 35.5. The van der Waals surface area contributed by atoms with Gasteiger partial charge in [0, 0.05) is 55.3 Å². The quantitative estimate of drug-likeness (QED) is 0.552. The third-order valence-corrected chi connectivity index (χ3v) is 7.94. The maximum Gasteiger partial charge on any atom is 0.407 e. The summed E-state index contributed by atoms with van der Waals surface area (Å²) < 4.78 is 4.85. The third kappa shape index (κ3) is 3.53. The molecule has 2 bridgehead atoms. The number of carbonyl (C=O) groups is 1. The van der Waals surface area contributed by atoms with Gasteiger partial charge < -0.3 is 24.8 Å². The molecule has 3 aromatic heterocycles. The molecule has 34 heavy (non-hydrogen) atoms. The number of rotatable bonds is 3. The van der Waals surface area contributed by atoms with Crippen LogP contribution in [0.1, 0.15) is 31.0 Å². The second kappa shape index (κ2) is 8.30. The first kappa shape index (κ1) is 21.5. The number of piperidine rings is 1. The molecule has 0 spiro atoms. The number of H-pyrrole nitrogens is 1. The van der Waals surface area contributed by atoms with Gasteiger partial charge in [-0.15, -0.1) is 0 Å². The maximum atomic E-state index is 11.9. The average Bonchev–Trinajstić information content (AvgIpc) is 3.38. The molecule has 1 aliphatic carbocycles. The second-order valence-corrected chi connectivity index (χ2v) is 10.1. The smallest absolute Gasteiger partial charge is 0.407 e. The van der Waals surface area contributed by atoms with Crippen LogP contribution in [0.5, 0.6) is 0 Å². The number of aromatic nitrogens is 4. The highest BCUT2D eigenvalue weighted by molar-refractivity contribution is 6.30. The number of amides is 1. The minimum absolute atomic E-state index is 0.165. The largest absolute Gasteiger partial charge is 0.453 e. The van der Waals surface area contributed by atoms with Crippen LogP contribution in [0.4, 0.5) is 16.3 Å². The SMILES string of the molecule is COC(=O)NC1[C@@H]2CC[C@H]1CN(c1ncnc3c1CN(c1cc(Cl)nc4[nH]ccc14)[C@H](C)C3)C2. The summed E-state index contributed by atoms with van der Waals surface area (Å²) in [7, 11) is 1.42. The normalized spacial score (nSPS) is 26.0. The fraction of sp³-hybridized carbons (Fsp3) is 0.500. The number of hydrogen-bond acceptors (Lipinski definition) is 7. The lowest BCUT2D eigenvalue weighted by molar-refractivity contribution is 0.157. The summed E-state index contributed by atoms with van der Waals surface area (Å²) in [6.45, 7) is 4.67. The average molecular weight is 482 g/mol. The van der Waals surface area contributed by atoms with Gasteiger partial charge in [0.05, 0.1) is 18.5 Å². The van der Waals surface area contributed by atoms with E-state index in [1.165, 1.54) is 12.7 Å². The van der Waals surface area contributed by atoms with Crippen LogP contribution in [-0.4, -0.2) is 58.3 Å². The molecule has 0 aromatic carbocycles. The first-order chi connectivity index (χ1) is 16.5. The molecule has 10 heteroatoms. The summed E-state index contributed by atoms with van der Waals surface area (Å²) in [5.41, 5.74) is 4.16. The number of carbonyl (C=O) groups excluding carboxylic acids is 1. The van der Waals surface area contributed by atoms with Crippen LogP contribution >= 0.6 is 11.6 Å². The van der Waals surface area contributed by atoms with Crippen molar-refractivity contribution in [3.05, 3.63) is 41.1 Å². The lowest BCUT2D eigenvalue weighted by atomic mass is 9.91. The van der Waals surface area contributed by atoms with E-state index < -0.39 is 0 Å². The van der Waals surface area contributed by atoms with E-state index in [1.54, 1.807) is 6.33 Å². The number of methoxy groups -OCH3 is 1. The third-order valence-electron chi connectivity index (χ3n) is 7.75. The molecule has 3 aromatic rings. The monoisotopic (exact) mass is 481 g/mol. The van der Waals surface area contributed by atoms with E-state index in [4.69, 9.17) is 21.3 Å².